The molecule has 15 heavy (non-hydrogen) atoms. The molecule has 2 heterocycles. The van der Waals surface area contributed by atoms with Crippen LogP contribution in [0.3, 0.4) is 0 Å². The Labute approximate surface area is 88.5 Å². The fourth-order valence-electron chi connectivity index (χ4n) is 1.42. The Bertz CT molecular complexity index is 460. The van der Waals surface area contributed by atoms with Gasteiger partial charge in [-0.1, -0.05) is 0 Å². The van der Waals surface area contributed by atoms with E-state index in [1.54, 1.807) is 6.20 Å². The third kappa shape index (κ3) is 1.86. The topological polar surface area (TPSA) is 54.2 Å². The average Bonchev–Trinajstić information content (AvgIpc) is 2.64. The van der Waals surface area contributed by atoms with Crippen molar-refractivity contribution in [3.8, 4) is 0 Å². The molecule has 0 radical (unpaired) electrons. The Balaban J connectivity index is 2.53. The van der Waals surface area contributed by atoms with Crippen LogP contribution in [0, 0.1) is 0 Å². The number of rotatable bonds is 3. The molecule has 0 saturated heterocycles. The maximum absolute atomic E-state index is 4.43. The molecule has 0 aliphatic carbocycles. The van der Waals surface area contributed by atoms with Gasteiger partial charge in [0.05, 0.1) is 6.20 Å². The lowest BCUT2D eigenvalue weighted by molar-refractivity contribution is 0.887. The first-order chi connectivity index (χ1) is 7.20. The van der Waals surface area contributed by atoms with Gasteiger partial charge in [0.1, 0.15) is 5.82 Å². The molecule has 0 atom stereocenters. The van der Waals surface area contributed by atoms with Crippen molar-refractivity contribution in [1.82, 2.24) is 14.4 Å². The van der Waals surface area contributed by atoms with Crippen molar-refractivity contribution in [3.05, 3.63) is 18.6 Å². The lowest BCUT2D eigenvalue weighted by atomic mass is 10.4. The number of aromatic nitrogens is 3. The third-order valence-corrected chi connectivity index (χ3v) is 2.06. The quantitative estimate of drug-likeness (QED) is 0.799. The highest BCUT2D eigenvalue weighted by Gasteiger charge is 2.07. The minimum Gasteiger partial charge on any atom is -0.372 e. The van der Waals surface area contributed by atoms with Gasteiger partial charge < -0.3 is 15.0 Å². The van der Waals surface area contributed by atoms with E-state index in [4.69, 9.17) is 0 Å². The molecule has 0 aliphatic rings. The summed E-state index contributed by atoms with van der Waals surface area (Å²) < 4.78 is 1.95. The van der Waals surface area contributed by atoms with Crippen LogP contribution in [-0.4, -0.2) is 27.5 Å². The predicted molar refractivity (Wildman–Crippen MR) is 61.3 cm³/mol. The van der Waals surface area contributed by atoms with Crippen molar-refractivity contribution in [2.45, 2.75) is 19.9 Å². The number of hydrogen-bond acceptors (Lipinski definition) is 4. The van der Waals surface area contributed by atoms with Crippen LogP contribution >= 0.6 is 0 Å². The second-order valence-corrected chi connectivity index (χ2v) is 3.68. The van der Waals surface area contributed by atoms with Crippen LogP contribution < -0.4 is 10.6 Å². The second kappa shape index (κ2) is 3.76. The number of nitrogens with zero attached hydrogens (tertiary/aromatic N) is 3. The molecule has 80 valence electrons. The smallest absolute Gasteiger partial charge is 0.180 e. The lowest BCUT2D eigenvalue weighted by Gasteiger charge is -2.11. The lowest BCUT2D eigenvalue weighted by Crippen LogP contribution is -2.13. The SMILES string of the molecule is CNc1cn2ccnc2c(NC(C)C)n1. The zero-order valence-electron chi connectivity index (χ0n) is 9.15. The van der Waals surface area contributed by atoms with Gasteiger partial charge in [-0.25, -0.2) is 9.97 Å². The first-order valence-corrected chi connectivity index (χ1v) is 4.98. The molecule has 2 N–H and O–H groups in total. The molecule has 0 aliphatic heterocycles. The monoisotopic (exact) mass is 205 g/mol. The van der Waals surface area contributed by atoms with Crippen molar-refractivity contribution >= 4 is 17.3 Å². The van der Waals surface area contributed by atoms with E-state index in [0.29, 0.717) is 6.04 Å². The Morgan fingerprint density at radius 2 is 2.20 bits per heavy atom. The summed E-state index contributed by atoms with van der Waals surface area (Å²) in [6.45, 7) is 4.15. The number of nitrogens with one attached hydrogen (secondary N) is 2. The van der Waals surface area contributed by atoms with E-state index in [2.05, 4.69) is 34.4 Å². The summed E-state index contributed by atoms with van der Waals surface area (Å²) >= 11 is 0. The van der Waals surface area contributed by atoms with E-state index in [1.807, 2.05) is 23.8 Å². The van der Waals surface area contributed by atoms with E-state index < -0.39 is 0 Å². The average molecular weight is 205 g/mol. The molecule has 5 heteroatoms. The van der Waals surface area contributed by atoms with Gasteiger partial charge in [0, 0.05) is 25.5 Å². The number of imidazole rings is 1. The van der Waals surface area contributed by atoms with Gasteiger partial charge in [0.15, 0.2) is 11.5 Å². The van der Waals surface area contributed by atoms with E-state index in [0.717, 1.165) is 17.3 Å². The van der Waals surface area contributed by atoms with Crippen molar-refractivity contribution in [2.24, 2.45) is 0 Å². The molecule has 0 spiro atoms. The molecule has 2 aromatic heterocycles. The molecule has 0 amide bonds. The molecule has 0 aromatic carbocycles. The number of hydrogen-bond donors (Lipinski definition) is 2. The Kier molecular flexibility index (Phi) is 2.45. The molecular weight excluding hydrogens is 190 g/mol. The molecule has 5 nitrogen and oxygen atoms in total. The molecule has 0 unspecified atom stereocenters. The summed E-state index contributed by atoms with van der Waals surface area (Å²) in [5.41, 5.74) is 0.850. The van der Waals surface area contributed by atoms with Gasteiger partial charge >= 0.3 is 0 Å². The maximum atomic E-state index is 4.43. The summed E-state index contributed by atoms with van der Waals surface area (Å²) in [6, 6.07) is 0.338. The molecule has 0 fully saturated rings. The highest BCUT2D eigenvalue weighted by molar-refractivity contribution is 5.65. The Hall–Kier alpha value is -1.78. The highest BCUT2D eigenvalue weighted by Crippen LogP contribution is 2.16. The molecule has 0 bridgehead atoms. The van der Waals surface area contributed by atoms with Crippen LogP contribution in [0.2, 0.25) is 0 Å². The van der Waals surface area contributed by atoms with Crippen LogP contribution in [0.4, 0.5) is 11.6 Å². The Morgan fingerprint density at radius 3 is 2.87 bits per heavy atom. The highest BCUT2D eigenvalue weighted by atomic mass is 15.1. The van der Waals surface area contributed by atoms with E-state index in [9.17, 15) is 0 Å². The summed E-state index contributed by atoms with van der Waals surface area (Å²) in [5, 5.41) is 6.30. The van der Waals surface area contributed by atoms with Crippen LogP contribution in [0.15, 0.2) is 18.6 Å². The maximum Gasteiger partial charge on any atom is 0.180 e. The van der Waals surface area contributed by atoms with Crippen LogP contribution in [0.25, 0.3) is 5.65 Å². The minimum atomic E-state index is 0.338. The van der Waals surface area contributed by atoms with Crippen molar-refractivity contribution < 1.29 is 0 Å². The summed E-state index contributed by atoms with van der Waals surface area (Å²) in [6.07, 6.45) is 5.58. The van der Waals surface area contributed by atoms with Crippen molar-refractivity contribution in [1.29, 1.82) is 0 Å². The van der Waals surface area contributed by atoms with Gasteiger partial charge in [-0.3, -0.25) is 0 Å². The van der Waals surface area contributed by atoms with E-state index in [-0.39, 0.29) is 0 Å². The standard InChI is InChI=1S/C10H15N5/c1-7(2)13-9-10-12-4-5-15(10)6-8(11-3)14-9/h4-7,11H,1-3H3,(H,13,14). The van der Waals surface area contributed by atoms with E-state index >= 15 is 0 Å². The normalized spacial score (nSPS) is 10.9. The fraction of sp³-hybridized carbons (Fsp3) is 0.400. The van der Waals surface area contributed by atoms with Crippen molar-refractivity contribution in [3.63, 3.8) is 0 Å². The zero-order chi connectivity index (χ0) is 10.8. The molecule has 0 saturated carbocycles. The first kappa shape index (κ1) is 9.76. The van der Waals surface area contributed by atoms with E-state index in [1.165, 1.54) is 0 Å². The predicted octanol–water partition coefficient (Wildman–Crippen LogP) is 1.59. The Morgan fingerprint density at radius 1 is 1.40 bits per heavy atom. The molecular formula is C10H15N5. The summed E-state index contributed by atoms with van der Waals surface area (Å²) in [7, 11) is 1.85. The second-order valence-electron chi connectivity index (χ2n) is 3.68. The van der Waals surface area contributed by atoms with Gasteiger partial charge in [-0.15, -0.1) is 0 Å². The van der Waals surface area contributed by atoms with Crippen LogP contribution in [-0.2, 0) is 0 Å². The fourth-order valence-corrected chi connectivity index (χ4v) is 1.42. The summed E-state index contributed by atoms with van der Waals surface area (Å²) in [5.74, 6) is 1.63. The van der Waals surface area contributed by atoms with Gasteiger partial charge in [0.25, 0.3) is 0 Å². The van der Waals surface area contributed by atoms with Gasteiger partial charge in [0.2, 0.25) is 0 Å². The third-order valence-electron chi connectivity index (χ3n) is 2.06. The molecule has 2 aromatic rings. The van der Waals surface area contributed by atoms with Crippen LogP contribution in [0.5, 0.6) is 0 Å². The number of anilines is 2. The zero-order valence-corrected chi connectivity index (χ0v) is 9.15. The largest absolute Gasteiger partial charge is 0.372 e. The van der Waals surface area contributed by atoms with Gasteiger partial charge in [-0.2, -0.15) is 0 Å². The minimum absolute atomic E-state index is 0.338. The van der Waals surface area contributed by atoms with Gasteiger partial charge in [-0.05, 0) is 13.8 Å². The van der Waals surface area contributed by atoms with Crippen molar-refractivity contribution in [2.75, 3.05) is 17.7 Å². The first-order valence-electron chi connectivity index (χ1n) is 4.98. The van der Waals surface area contributed by atoms with Crippen LogP contribution in [0.1, 0.15) is 13.8 Å². The summed E-state index contributed by atoms with van der Waals surface area (Å²) in [4.78, 5) is 8.68. The number of fused-ring (bicyclic) bond motifs is 1. The molecule has 2 rings (SSSR count).